The first-order chi connectivity index (χ1) is 12.8. The molecule has 0 aromatic heterocycles. The molecule has 3 fully saturated rings. The van der Waals surface area contributed by atoms with Crippen LogP contribution in [0.15, 0.2) is 24.3 Å². The van der Waals surface area contributed by atoms with Gasteiger partial charge in [-0.05, 0) is 101 Å². The molecular weight excluding hydrogens is 322 g/mol. The van der Waals surface area contributed by atoms with Crippen LogP contribution < -0.4 is 10.6 Å². The maximum Gasteiger partial charge on any atom is 0.251 e. The Morgan fingerprint density at radius 3 is 2.62 bits per heavy atom. The maximum absolute atomic E-state index is 12.5. The van der Waals surface area contributed by atoms with Gasteiger partial charge in [0.15, 0.2) is 0 Å². The Morgan fingerprint density at radius 2 is 1.92 bits per heavy atom. The second-order valence-electron chi connectivity index (χ2n) is 8.54. The normalized spacial score (nSPS) is 25.2. The van der Waals surface area contributed by atoms with Crippen LogP contribution in [0.5, 0.6) is 0 Å². The summed E-state index contributed by atoms with van der Waals surface area (Å²) in [6.45, 7) is 5.60. The van der Waals surface area contributed by atoms with Gasteiger partial charge in [-0.1, -0.05) is 12.1 Å². The number of carbonyl (C=O) groups is 1. The lowest BCUT2D eigenvalue weighted by molar-refractivity contribution is 0.0943. The fourth-order valence-electron chi connectivity index (χ4n) is 5.37. The highest BCUT2D eigenvalue weighted by molar-refractivity contribution is 5.94. The Morgan fingerprint density at radius 1 is 1.15 bits per heavy atom. The lowest BCUT2D eigenvalue weighted by Crippen LogP contribution is -2.41. The number of carbonyl (C=O) groups excluding carboxylic acids is 1. The molecule has 26 heavy (non-hydrogen) atoms. The minimum Gasteiger partial charge on any atom is -0.352 e. The van der Waals surface area contributed by atoms with E-state index in [1.165, 1.54) is 57.2 Å². The number of rotatable bonds is 6. The molecule has 3 aliphatic rings. The molecule has 0 bridgehead atoms. The van der Waals surface area contributed by atoms with E-state index in [-0.39, 0.29) is 5.91 Å². The molecule has 4 nitrogen and oxygen atoms in total. The van der Waals surface area contributed by atoms with E-state index in [4.69, 9.17) is 0 Å². The second-order valence-corrected chi connectivity index (χ2v) is 8.54. The van der Waals surface area contributed by atoms with Crippen LogP contribution in [0.3, 0.4) is 0 Å². The fraction of sp³-hybridized carbons (Fsp3) is 0.682. The molecule has 3 saturated heterocycles. The smallest absolute Gasteiger partial charge is 0.251 e. The fourth-order valence-corrected chi connectivity index (χ4v) is 5.37. The summed E-state index contributed by atoms with van der Waals surface area (Å²) in [6.07, 6.45) is 10.1. The minimum absolute atomic E-state index is 0.0785. The Balaban J connectivity index is 1.25. The van der Waals surface area contributed by atoms with Crippen LogP contribution in [-0.4, -0.2) is 49.1 Å². The average Bonchev–Trinajstić information content (AvgIpc) is 3.23. The largest absolute Gasteiger partial charge is 0.352 e. The van der Waals surface area contributed by atoms with Crippen molar-refractivity contribution in [1.29, 1.82) is 0 Å². The van der Waals surface area contributed by atoms with Crippen molar-refractivity contribution < 1.29 is 4.79 Å². The van der Waals surface area contributed by atoms with E-state index in [9.17, 15) is 4.79 Å². The molecule has 1 aromatic carbocycles. The highest BCUT2D eigenvalue weighted by Crippen LogP contribution is 2.40. The van der Waals surface area contributed by atoms with Gasteiger partial charge in [-0.3, -0.25) is 9.69 Å². The number of benzene rings is 1. The zero-order chi connectivity index (χ0) is 17.8. The van der Waals surface area contributed by atoms with Gasteiger partial charge in [-0.25, -0.2) is 0 Å². The number of nitrogens with zero attached hydrogens (tertiary/aromatic N) is 1. The van der Waals surface area contributed by atoms with Crippen molar-refractivity contribution in [2.24, 2.45) is 5.92 Å². The highest BCUT2D eigenvalue weighted by atomic mass is 16.1. The third kappa shape index (κ3) is 3.96. The quantitative estimate of drug-likeness (QED) is 0.825. The number of piperidine rings is 1. The van der Waals surface area contributed by atoms with Crippen LogP contribution >= 0.6 is 0 Å². The highest BCUT2D eigenvalue weighted by Gasteiger charge is 2.43. The van der Waals surface area contributed by atoms with Gasteiger partial charge in [0, 0.05) is 17.6 Å². The van der Waals surface area contributed by atoms with E-state index in [0.29, 0.717) is 5.54 Å². The first-order valence-corrected chi connectivity index (χ1v) is 10.6. The summed E-state index contributed by atoms with van der Waals surface area (Å²) in [4.78, 5) is 15.1. The first kappa shape index (κ1) is 18.0. The van der Waals surface area contributed by atoms with E-state index in [1.54, 1.807) is 0 Å². The third-order valence-electron chi connectivity index (χ3n) is 6.83. The van der Waals surface area contributed by atoms with Crippen LogP contribution in [0.1, 0.15) is 60.9 Å². The van der Waals surface area contributed by atoms with Crippen molar-refractivity contribution in [1.82, 2.24) is 15.5 Å². The van der Waals surface area contributed by atoms with E-state index >= 15 is 0 Å². The van der Waals surface area contributed by atoms with Crippen molar-refractivity contribution in [2.45, 2.75) is 56.9 Å². The Labute approximate surface area is 157 Å². The average molecular weight is 356 g/mol. The summed E-state index contributed by atoms with van der Waals surface area (Å²) < 4.78 is 0. The summed E-state index contributed by atoms with van der Waals surface area (Å²) in [7, 11) is 0. The summed E-state index contributed by atoms with van der Waals surface area (Å²) in [6, 6.07) is 8.27. The van der Waals surface area contributed by atoms with Gasteiger partial charge in [0.25, 0.3) is 5.91 Å². The third-order valence-corrected chi connectivity index (χ3v) is 6.83. The topological polar surface area (TPSA) is 44.4 Å². The molecule has 3 aliphatic heterocycles. The lowest BCUT2D eigenvalue weighted by atomic mass is 9.90. The van der Waals surface area contributed by atoms with Gasteiger partial charge < -0.3 is 10.6 Å². The molecule has 1 amide bonds. The lowest BCUT2D eigenvalue weighted by Gasteiger charge is -2.32. The van der Waals surface area contributed by atoms with Gasteiger partial charge in [0.1, 0.15) is 0 Å². The molecule has 0 radical (unpaired) electrons. The van der Waals surface area contributed by atoms with Crippen LogP contribution in [0.4, 0.5) is 0 Å². The predicted octanol–water partition coefficient (Wildman–Crippen LogP) is 2.98. The molecule has 4 heteroatoms. The molecule has 1 aromatic rings. The second kappa shape index (κ2) is 8.10. The van der Waals surface area contributed by atoms with E-state index in [2.05, 4.69) is 27.7 Å². The van der Waals surface area contributed by atoms with Crippen molar-refractivity contribution in [3.05, 3.63) is 35.4 Å². The SMILES string of the molecule is O=C(NCCC12CCCN1CCC2)c1ccc(C[C@@H]2CCCNC2)cc1. The van der Waals surface area contributed by atoms with Crippen LogP contribution in [-0.2, 0) is 6.42 Å². The molecule has 2 N–H and O–H groups in total. The Hall–Kier alpha value is -1.39. The van der Waals surface area contributed by atoms with Gasteiger partial charge in [0.2, 0.25) is 0 Å². The summed E-state index contributed by atoms with van der Waals surface area (Å²) in [5.74, 6) is 0.818. The van der Waals surface area contributed by atoms with E-state index < -0.39 is 0 Å². The van der Waals surface area contributed by atoms with Crippen LogP contribution in [0.25, 0.3) is 0 Å². The van der Waals surface area contributed by atoms with E-state index in [0.717, 1.165) is 44.0 Å². The number of nitrogens with one attached hydrogen (secondary N) is 2. The minimum atomic E-state index is 0.0785. The van der Waals surface area contributed by atoms with Gasteiger partial charge >= 0.3 is 0 Å². The molecule has 0 spiro atoms. The number of fused-ring (bicyclic) bond motifs is 1. The molecule has 4 rings (SSSR count). The molecular formula is C22H33N3O. The van der Waals surface area contributed by atoms with Crippen molar-refractivity contribution in [3.63, 3.8) is 0 Å². The molecule has 0 aliphatic carbocycles. The molecule has 0 unspecified atom stereocenters. The van der Waals surface area contributed by atoms with Gasteiger partial charge in [-0.15, -0.1) is 0 Å². The molecule has 142 valence electrons. The summed E-state index contributed by atoms with van der Waals surface area (Å²) in [5, 5.41) is 6.64. The van der Waals surface area contributed by atoms with Crippen LogP contribution in [0, 0.1) is 5.92 Å². The van der Waals surface area contributed by atoms with E-state index in [1.807, 2.05) is 12.1 Å². The Kier molecular flexibility index (Phi) is 5.60. The number of hydrogen-bond acceptors (Lipinski definition) is 3. The van der Waals surface area contributed by atoms with Gasteiger partial charge in [-0.2, -0.15) is 0 Å². The molecule has 0 saturated carbocycles. The zero-order valence-electron chi connectivity index (χ0n) is 15.9. The summed E-state index contributed by atoms with van der Waals surface area (Å²) in [5.41, 5.74) is 2.54. The zero-order valence-corrected chi connectivity index (χ0v) is 15.9. The number of amides is 1. The molecule has 3 heterocycles. The maximum atomic E-state index is 12.5. The van der Waals surface area contributed by atoms with Crippen LogP contribution in [0.2, 0.25) is 0 Å². The standard InChI is InChI=1S/C22H33N3O/c26-21(24-13-11-22-9-2-14-25(22)15-3-10-22)20-7-5-18(6-8-20)16-19-4-1-12-23-17-19/h5-8,19,23H,1-4,9-17H2,(H,24,26)/t19-/m0/s1. The van der Waals surface area contributed by atoms with Gasteiger partial charge in [0.05, 0.1) is 0 Å². The van der Waals surface area contributed by atoms with Crippen molar-refractivity contribution in [3.8, 4) is 0 Å². The van der Waals surface area contributed by atoms with Crippen molar-refractivity contribution >= 4 is 5.91 Å². The monoisotopic (exact) mass is 355 g/mol. The first-order valence-electron chi connectivity index (χ1n) is 10.6. The Bertz CT molecular complexity index is 596. The molecule has 1 atom stereocenters. The number of hydrogen-bond donors (Lipinski definition) is 2. The predicted molar refractivity (Wildman–Crippen MR) is 105 cm³/mol. The van der Waals surface area contributed by atoms with Crippen molar-refractivity contribution in [2.75, 3.05) is 32.7 Å². The summed E-state index contributed by atoms with van der Waals surface area (Å²) >= 11 is 0.